The average Bonchev–Trinajstić information content (AvgIpc) is 3.04. The van der Waals surface area contributed by atoms with Crippen LogP contribution in [0.3, 0.4) is 0 Å². The summed E-state index contributed by atoms with van der Waals surface area (Å²) in [6, 6.07) is 10.5. The molecule has 1 aliphatic rings. The zero-order valence-electron chi connectivity index (χ0n) is 14.0. The van der Waals surface area contributed by atoms with E-state index in [-0.39, 0.29) is 24.0 Å². The minimum absolute atomic E-state index is 0. The monoisotopic (exact) mass is 449 g/mol. The molecular weight excluding hydrogens is 421 g/mol. The average molecular weight is 449 g/mol. The topological polar surface area (TPSA) is 45.7 Å². The van der Waals surface area contributed by atoms with E-state index in [1.54, 1.807) is 0 Å². The number of hydrogen-bond donors (Lipinski definition) is 2. The summed E-state index contributed by atoms with van der Waals surface area (Å²) in [6.07, 6.45) is 2.65. The Kier molecular flexibility index (Phi) is 10.7. The first-order valence-corrected chi connectivity index (χ1v) is 9.01. The highest BCUT2D eigenvalue weighted by Gasteiger charge is 2.15. The highest BCUT2D eigenvalue weighted by molar-refractivity contribution is 14.0. The van der Waals surface area contributed by atoms with Crippen molar-refractivity contribution < 1.29 is 4.74 Å². The second-order valence-corrected chi connectivity index (χ2v) is 6.99. The maximum Gasteiger partial charge on any atom is 0.191 e. The minimum Gasteiger partial charge on any atom is -0.376 e. The summed E-state index contributed by atoms with van der Waals surface area (Å²) in [5.41, 5.74) is 0. The first kappa shape index (κ1) is 20.6. The van der Waals surface area contributed by atoms with Gasteiger partial charge in [0.15, 0.2) is 5.96 Å². The van der Waals surface area contributed by atoms with Crippen LogP contribution in [0.25, 0.3) is 0 Å². The maximum absolute atomic E-state index is 5.64. The molecule has 0 aromatic heterocycles. The van der Waals surface area contributed by atoms with Gasteiger partial charge in [-0.3, -0.25) is 4.99 Å². The Balaban J connectivity index is 0.00000264. The summed E-state index contributed by atoms with van der Waals surface area (Å²) in [7, 11) is 0. The standard InChI is InChI=1S/C17H27N3OS.HI/c1-3-18-17(20-13-15-8-7-11-21-15)19-12-14(2)22-16-9-5-4-6-10-16;/h4-6,9-10,14-15H,3,7-8,11-13H2,1-2H3,(H2,18,19,20);1H. The molecule has 4 nitrogen and oxygen atoms in total. The lowest BCUT2D eigenvalue weighted by molar-refractivity contribution is 0.114. The Hall–Kier alpha value is -0.470. The molecule has 0 amide bonds. The molecule has 2 unspecified atom stereocenters. The van der Waals surface area contributed by atoms with Crippen LogP contribution in [0.4, 0.5) is 0 Å². The molecule has 1 aromatic rings. The molecule has 2 rings (SSSR count). The van der Waals surface area contributed by atoms with E-state index in [2.05, 4.69) is 53.7 Å². The fourth-order valence-electron chi connectivity index (χ4n) is 2.35. The number of halogens is 1. The molecule has 0 bridgehead atoms. The van der Waals surface area contributed by atoms with Crippen molar-refractivity contribution in [3.05, 3.63) is 30.3 Å². The number of hydrogen-bond acceptors (Lipinski definition) is 3. The number of thioether (sulfide) groups is 1. The molecule has 2 N–H and O–H groups in total. The Morgan fingerprint density at radius 1 is 1.35 bits per heavy atom. The summed E-state index contributed by atoms with van der Waals surface area (Å²) in [5, 5.41) is 7.13. The predicted octanol–water partition coefficient (Wildman–Crippen LogP) is 3.52. The molecule has 6 heteroatoms. The third kappa shape index (κ3) is 8.26. The van der Waals surface area contributed by atoms with Crippen molar-refractivity contribution in [2.45, 2.75) is 42.9 Å². The molecule has 1 fully saturated rings. The molecule has 0 spiro atoms. The van der Waals surface area contributed by atoms with Crippen LogP contribution < -0.4 is 10.6 Å². The number of aliphatic imine (C=N–C) groups is 1. The van der Waals surface area contributed by atoms with Crippen molar-refractivity contribution in [1.29, 1.82) is 0 Å². The molecule has 23 heavy (non-hydrogen) atoms. The molecule has 2 atom stereocenters. The van der Waals surface area contributed by atoms with Crippen LogP contribution in [0, 0.1) is 0 Å². The highest BCUT2D eigenvalue weighted by atomic mass is 127. The van der Waals surface area contributed by atoms with E-state index in [9.17, 15) is 0 Å². The summed E-state index contributed by atoms with van der Waals surface area (Å²) in [4.78, 5) is 5.98. The molecular formula is C17H28IN3OS. The fraction of sp³-hybridized carbons (Fsp3) is 0.588. The molecule has 130 valence electrons. The molecule has 0 aliphatic carbocycles. The van der Waals surface area contributed by atoms with Crippen molar-refractivity contribution in [2.75, 3.05) is 26.2 Å². The van der Waals surface area contributed by atoms with Gasteiger partial charge < -0.3 is 15.4 Å². The molecule has 0 saturated carbocycles. The smallest absolute Gasteiger partial charge is 0.191 e. The highest BCUT2D eigenvalue weighted by Crippen LogP contribution is 2.22. The van der Waals surface area contributed by atoms with E-state index >= 15 is 0 Å². The van der Waals surface area contributed by atoms with Crippen LogP contribution in [0.2, 0.25) is 0 Å². The van der Waals surface area contributed by atoms with Gasteiger partial charge in [-0.15, -0.1) is 35.7 Å². The number of nitrogens with zero attached hydrogens (tertiary/aromatic N) is 1. The fourth-order valence-corrected chi connectivity index (χ4v) is 3.27. The van der Waals surface area contributed by atoms with Gasteiger partial charge in [0, 0.05) is 29.8 Å². The Labute approximate surface area is 161 Å². The van der Waals surface area contributed by atoms with E-state index in [0.29, 0.717) is 11.4 Å². The van der Waals surface area contributed by atoms with Gasteiger partial charge >= 0.3 is 0 Å². The Morgan fingerprint density at radius 3 is 2.78 bits per heavy atom. The number of nitrogens with one attached hydrogen (secondary N) is 2. The van der Waals surface area contributed by atoms with Crippen LogP contribution in [-0.4, -0.2) is 43.6 Å². The van der Waals surface area contributed by atoms with E-state index < -0.39 is 0 Å². The van der Waals surface area contributed by atoms with E-state index in [1.165, 1.54) is 11.3 Å². The number of guanidine groups is 1. The zero-order chi connectivity index (χ0) is 15.6. The molecule has 1 heterocycles. The normalized spacial score (nSPS) is 19.0. The van der Waals surface area contributed by atoms with Crippen LogP contribution in [0.1, 0.15) is 26.7 Å². The maximum atomic E-state index is 5.64. The molecule has 1 aromatic carbocycles. The Morgan fingerprint density at radius 2 is 2.13 bits per heavy atom. The third-order valence-electron chi connectivity index (χ3n) is 3.45. The van der Waals surface area contributed by atoms with Crippen molar-refractivity contribution in [3.63, 3.8) is 0 Å². The van der Waals surface area contributed by atoms with Crippen molar-refractivity contribution in [3.8, 4) is 0 Å². The van der Waals surface area contributed by atoms with Gasteiger partial charge in [0.2, 0.25) is 0 Å². The predicted molar refractivity (Wildman–Crippen MR) is 110 cm³/mol. The molecule has 1 aliphatic heterocycles. The van der Waals surface area contributed by atoms with Gasteiger partial charge in [-0.25, -0.2) is 0 Å². The SMILES string of the molecule is CCNC(=NCC(C)Sc1ccccc1)NCC1CCCO1.I. The first-order valence-electron chi connectivity index (χ1n) is 8.13. The molecule has 0 radical (unpaired) electrons. The second kappa shape index (κ2) is 12.0. The second-order valence-electron chi connectivity index (χ2n) is 5.48. The number of rotatable bonds is 7. The molecule has 1 saturated heterocycles. The first-order chi connectivity index (χ1) is 10.8. The van der Waals surface area contributed by atoms with E-state index in [4.69, 9.17) is 4.74 Å². The third-order valence-corrected chi connectivity index (χ3v) is 4.55. The van der Waals surface area contributed by atoms with Gasteiger partial charge in [0.05, 0.1) is 12.6 Å². The zero-order valence-corrected chi connectivity index (χ0v) is 17.1. The number of benzene rings is 1. The van der Waals surface area contributed by atoms with Crippen LogP contribution in [0.15, 0.2) is 40.2 Å². The lowest BCUT2D eigenvalue weighted by atomic mass is 10.2. The van der Waals surface area contributed by atoms with Crippen LogP contribution in [0.5, 0.6) is 0 Å². The van der Waals surface area contributed by atoms with Crippen LogP contribution in [-0.2, 0) is 4.74 Å². The van der Waals surface area contributed by atoms with Crippen LogP contribution >= 0.6 is 35.7 Å². The van der Waals surface area contributed by atoms with Gasteiger partial charge in [-0.2, -0.15) is 0 Å². The van der Waals surface area contributed by atoms with Crippen molar-refractivity contribution in [1.82, 2.24) is 10.6 Å². The minimum atomic E-state index is 0. The summed E-state index contributed by atoms with van der Waals surface area (Å²) >= 11 is 1.86. The Bertz CT molecular complexity index is 452. The summed E-state index contributed by atoms with van der Waals surface area (Å²) < 4.78 is 5.64. The summed E-state index contributed by atoms with van der Waals surface area (Å²) in [5.74, 6) is 0.888. The largest absolute Gasteiger partial charge is 0.376 e. The van der Waals surface area contributed by atoms with Gasteiger partial charge in [0.1, 0.15) is 0 Å². The lowest BCUT2D eigenvalue weighted by Gasteiger charge is -2.16. The van der Waals surface area contributed by atoms with Crippen molar-refractivity contribution >= 4 is 41.7 Å². The summed E-state index contributed by atoms with van der Waals surface area (Å²) in [6.45, 7) is 7.70. The van der Waals surface area contributed by atoms with E-state index in [1.807, 2.05) is 17.8 Å². The lowest BCUT2D eigenvalue weighted by Crippen LogP contribution is -2.41. The van der Waals surface area contributed by atoms with Gasteiger partial charge in [-0.1, -0.05) is 25.1 Å². The van der Waals surface area contributed by atoms with Gasteiger partial charge in [0.25, 0.3) is 0 Å². The number of ether oxygens (including phenoxy) is 1. The van der Waals surface area contributed by atoms with E-state index in [0.717, 1.165) is 38.6 Å². The quantitative estimate of drug-likeness (QED) is 0.290. The van der Waals surface area contributed by atoms with Crippen molar-refractivity contribution in [2.24, 2.45) is 4.99 Å². The van der Waals surface area contributed by atoms with Gasteiger partial charge in [-0.05, 0) is 31.9 Å².